The first-order chi connectivity index (χ1) is 9.15. The van der Waals surface area contributed by atoms with E-state index in [4.69, 9.17) is 5.11 Å². The molecule has 0 atom stereocenters. The van der Waals surface area contributed by atoms with E-state index in [9.17, 15) is 9.59 Å². The summed E-state index contributed by atoms with van der Waals surface area (Å²) in [6, 6.07) is 5.47. The average molecular weight is 293 g/mol. The summed E-state index contributed by atoms with van der Waals surface area (Å²) >= 11 is 2.88. The van der Waals surface area contributed by atoms with Crippen molar-refractivity contribution in [3.8, 4) is 0 Å². The zero-order valence-electron chi connectivity index (χ0n) is 9.83. The summed E-state index contributed by atoms with van der Waals surface area (Å²) in [5, 5.41) is 15.1. The second-order valence-electron chi connectivity index (χ2n) is 3.68. The molecule has 0 aliphatic rings. The Morgan fingerprint density at radius 2 is 2.21 bits per heavy atom. The van der Waals surface area contributed by atoms with Crippen LogP contribution in [0.4, 0.5) is 0 Å². The van der Waals surface area contributed by atoms with Gasteiger partial charge in [-0.3, -0.25) is 4.79 Å². The zero-order chi connectivity index (χ0) is 13.7. The van der Waals surface area contributed by atoms with E-state index in [2.05, 4.69) is 5.32 Å². The Bertz CT molecular complexity index is 599. The largest absolute Gasteiger partial charge is 0.478 e. The van der Waals surface area contributed by atoms with Crippen LogP contribution in [0.2, 0.25) is 0 Å². The summed E-state index contributed by atoms with van der Waals surface area (Å²) in [4.78, 5) is 23.8. The Morgan fingerprint density at radius 3 is 2.89 bits per heavy atom. The molecule has 2 aromatic rings. The molecule has 0 aliphatic heterocycles. The molecule has 0 unspecified atom stereocenters. The fourth-order valence-electron chi connectivity index (χ4n) is 1.41. The molecule has 6 heteroatoms. The molecule has 98 valence electrons. The van der Waals surface area contributed by atoms with Crippen molar-refractivity contribution in [2.45, 2.75) is 6.54 Å². The van der Waals surface area contributed by atoms with Crippen LogP contribution in [0.15, 0.2) is 35.0 Å². The average Bonchev–Trinajstić information content (AvgIpc) is 3.04. The van der Waals surface area contributed by atoms with Gasteiger partial charge in [0.2, 0.25) is 0 Å². The Hall–Kier alpha value is -1.92. The maximum absolute atomic E-state index is 11.7. The molecule has 0 bridgehead atoms. The van der Waals surface area contributed by atoms with Gasteiger partial charge in [0.05, 0.1) is 11.4 Å². The number of carboxylic acids is 1. The summed E-state index contributed by atoms with van der Waals surface area (Å²) in [5.41, 5.74) is 0.827. The molecular formula is C13H11NO3S2. The van der Waals surface area contributed by atoms with Gasteiger partial charge >= 0.3 is 5.97 Å². The standard InChI is InChI=1S/C13H11NO3S2/c15-12(16)4-3-9-6-10(19-8-9)7-14-13(17)11-2-1-5-18-11/h1-6,8H,7H2,(H,14,17)(H,15,16). The number of thiophene rings is 2. The molecule has 1 amide bonds. The van der Waals surface area contributed by atoms with Gasteiger partial charge in [-0.2, -0.15) is 0 Å². The number of aliphatic carboxylic acids is 1. The van der Waals surface area contributed by atoms with Crippen molar-refractivity contribution >= 4 is 40.6 Å². The van der Waals surface area contributed by atoms with E-state index in [-0.39, 0.29) is 5.91 Å². The van der Waals surface area contributed by atoms with Crippen LogP contribution in [0.3, 0.4) is 0 Å². The quantitative estimate of drug-likeness (QED) is 0.833. The van der Waals surface area contributed by atoms with E-state index in [0.29, 0.717) is 11.4 Å². The minimum absolute atomic E-state index is 0.0916. The van der Waals surface area contributed by atoms with E-state index >= 15 is 0 Å². The second kappa shape index (κ2) is 6.31. The highest BCUT2D eigenvalue weighted by Crippen LogP contribution is 2.16. The van der Waals surface area contributed by atoms with Crippen LogP contribution in [0, 0.1) is 0 Å². The Labute approximate surface area is 118 Å². The van der Waals surface area contributed by atoms with Gasteiger partial charge in [-0.25, -0.2) is 4.79 Å². The van der Waals surface area contributed by atoms with E-state index in [1.54, 1.807) is 6.07 Å². The van der Waals surface area contributed by atoms with Gasteiger partial charge in [0.15, 0.2) is 0 Å². The van der Waals surface area contributed by atoms with Gasteiger partial charge in [0.25, 0.3) is 5.91 Å². The molecule has 0 aromatic carbocycles. The molecule has 0 radical (unpaired) electrons. The number of carboxylic acid groups (broad SMARTS) is 1. The molecule has 0 spiro atoms. The highest BCUT2D eigenvalue weighted by atomic mass is 32.1. The molecule has 19 heavy (non-hydrogen) atoms. The number of hydrogen-bond acceptors (Lipinski definition) is 4. The molecule has 2 rings (SSSR count). The normalized spacial score (nSPS) is 10.7. The lowest BCUT2D eigenvalue weighted by atomic mass is 10.3. The molecule has 2 aromatic heterocycles. The van der Waals surface area contributed by atoms with Crippen molar-refractivity contribution in [2.24, 2.45) is 0 Å². The van der Waals surface area contributed by atoms with E-state index in [0.717, 1.165) is 16.5 Å². The first-order valence-corrected chi connectivity index (χ1v) is 7.21. The van der Waals surface area contributed by atoms with E-state index in [1.807, 2.05) is 22.9 Å². The van der Waals surface area contributed by atoms with Gasteiger partial charge in [-0.05, 0) is 34.5 Å². The summed E-state index contributed by atoms with van der Waals surface area (Å²) in [6.07, 6.45) is 2.62. The number of nitrogens with one attached hydrogen (secondary N) is 1. The van der Waals surface area contributed by atoms with Crippen molar-refractivity contribution < 1.29 is 14.7 Å². The number of hydrogen-bond donors (Lipinski definition) is 2. The minimum atomic E-state index is -0.973. The Morgan fingerprint density at radius 1 is 1.37 bits per heavy atom. The summed E-state index contributed by atoms with van der Waals surface area (Å²) < 4.78 is 0. The highest BCUT2D eigenvalue weighted by molar-refractivity contribution is 7.12. The number of rotatable bonds is 5. The monoisotopic (exact) mass is 293 g/mol. The molecule has 0 fully saturated rings. The maximum Gasteiger partial charge on any atom is 0.328 e. The SMILES string of the molecule is O=C(O)C=Cc1csc(CNC(=O)c2cccs2)c1. The third kappa shape index (κ3) is 4.04. The van der Waals surface area contributed by atoms with Crippen molar-refractivity contribution in [3.63, 3.8) is 0 Å². The van der Waals surface area contributed by atoms with Gasteiger partial charge in [-0.1, -0.05) is 6.07 Å². The lowest BCUT2D eigenvalue weighted by Gasteiger charge is -2.00. The Kier molecular flexibility index (Phi) is 4.48. The van der Waals surface area contributed by atoms with Crippen LogP contribution < -0.4 is 5.32 Å². The van der Waals surface area contributed by atoms with Crippen LogP contribution in [0.5, 0.6) is 0 Å². The van der Waals surface area contributed by atoms with Crippen LogP contribution in [0.1, 0.15) is 20.1 Å². The van der Waals surface area contributed by atoms with Crippen molar-refractivity contribution in [2.75, 3.05) is 0 Å². The maximum atomic E-state index is 11.7. The van der Waals surface area contributed by atoms with Crippen molar-refractivity contribution in [3.05, 3.63) is 50.4 Å². The van der Waals surface area contributed by atoms with E-state index < -0.39 is 5.97 Å². The summed E-state index contributed by atoms with van der Waals surface area (Å²) in [6.45, 7) is 0.447. The second-order valence-corrected chi connectivity index (χ2v) is 5.62. The lowest BCUT2D eigenvalue weighted by Crippen LogP contribution is -2.21. The zero-order valence-corrected chi connectivity index (χ0v) is 11.5. The van der Waals surface area contributed by atoms with Gasteiger partial charge < -0.3 is 10.4 Å². The Balaban J connectivity index is 1.90. The van der Waals surface area contributed by atoms with Gasteiger partial charge in [-0.15, -0.1) is 22.7 Å². The predicted molar refractivity (Wildman–Crippen MR) is 76.5 cm³/mol. The van der Waals surface area contributed by atoms with Crippen molar-refractivity contribution in [1.82, 2.24) is 5.32 Å². The fourth-order valence-corrected chi connectivity index (χ4v) is 2.84. The van der Waals surface area contributed by atoms with E-state index in [1.165, 1.54) is 28.7 Å². The smallest absolute Gasteiger partial charge is 0.328 e. The number of amides is 1. The number of carbonyl (C=O) groups excluding carboxylic acids is 1. The molecule has 2 heterocycles. The molecule has 2 N–H and O–H groups in total. The van der Waals surface area contributed by atoms with Crippen LogP contribution >= 0.6 is 22.7 Å². The first kappa shape index (κ1) is 13.5. The highest BCUT2D eigenvalue weighted by Gasteiger charge is 2.06. The molecule has 4 nitrogen and oxygen atoms in total. The molecule has 0 saturated heterocycles. The summed E-state index contributed by atoms with van der Waals surface area (Å²) in [5.74, 6) is -1.07. The first-order valence-electron chi connectivity index (χ1n) is 5.45. The van der Waals surface area contributed by atoms with Gasteiger partial charge in [0.1, 0.15) is 0 Å². The summed E-state index contributed by atoms with van der Waals surface area (Å²) in [7, 11) is 0. The van der Waals surface area contributed by atoms with Crippen LogP contribution in [0.25, 0.3) is 6.08 Å². The molecule has 0 saturated carbocycles. The van der Waals surface area contributed by atoms with Crippen LogP contribution in [-0.2, 0) is 11.3 Å². The molecule has 0 aliphatic carbocycles. The lowest BCUT2D eigenvalue weighted by molar-refractivity contribution is -0.131. The van der Waals surface area contributed by atoms with Gasteiger partial charge in [0, 0.05) is 11.0 Å². The minimum Gasteiger partial charge on any atom is -0.478 e. The van der Waals surface area contributed by atoms with Crippen LogP contribution in [-0.4, -0.2) is 17.0 Å². The molecular weight excluding hydrogens is 282 g/mol. The third-order valence-corrected chi connectivity index (χ3v) is 4.08. The number of carbonyl (C=O) groups is 2. The fraction of sp³-hybridized carbons (Fsp3) is 0.0769. The van der Waals surface area contributed by atoms with Crippen molar-refractivity contribution in [1.29, 1.82) is 0 Å². The topological polar surface area (TPSA) is 66.4 Å². The third-order valence-electron chi connectivity index (χ3n) is 2.26. The predicted octanol–water partition coefficient (Wildman–Crippen LogP) is 2.84.